The van der Waals surface area contributed by atoms with E-state index in [0.29, 0.717) is 16.3 Å². The molecule has 29 heavy (non-hydrogen) atoms. The predicted molar refractivity (Wildman–Crippen MR) is 123 cm³/mol. The number of nitroso groups, excluding NO2 is 1. The van der Waals surface area contributed by atoms with Crippen molar-refractivity contribution in [1.82, 2.24) is 10.3 Å². The molecule has 0 bridgehead atoms. The number of aromatic nitrogens is 1. The van der Waals surface area contributed by atoms with Crippen LogP contribution in [0.4, 0.5) is 5.69 Å². The number of nitrogens with zero attached hydrogens (tertiary/aromatic N) is 1. The summed E-state index contributed by atoms with van der Waals surface area (Å²) in [5.74, 6) is 0.437. The van der Waals surface area contributed by atoms with E-state index in [0.717, 1.165) is 45.9 Å². The maximum atomic E-state index is 12.5. The number of thiophene rings is 1. The Kier molecular flexibility index (Phi) is 5.30. The van der Waals surface area contributed by atoms with E-state index in [1.807, 2.05) is 25.4 Å². The molecule has 0 aliphatic carbocycles. The van der Waals surface area contributed by atoms with Gasteiger partial charge in [0.15, 0.2) is 0 Å². The van der Waals surface area contributed by atoms with E-state index >= 15 is 0 Å². The van der Waals surface area contributed by atoms with Crippen LogP contribution in [0.2, 0.25) is 0 Å². The number of likely N-dealkylation sites (N-methyl/N-ethyl adjacent to an activating group) is 1. The third kappa shape index (κ3) is 3.28. The third-order valence-corrected chi connectivity index (χ3v) is 6.51. The molecule has 148 valence electrons. The van der Waals surface area contributed by atoms with Gasteiger partial charge in [-0.15, -0.1) is 16.2 Å². The molecule has 4 rings (SSSR count). The Morgan fingerprint density at radius 3 is 2.62 bits per heavy atom. The molecular weight excluding hydrogens is 382 g/mol. The SMILES string of the molecule is CC[C@@H](CNC)c1ccc(-c2c(N=O)cc(C)c3[nH]c(=O)c4sccc4c23)cc1. The fraction of sp³-hybridized carbons (Fsp3) is 0.261. The number of aromatic amines is 1. The van der Waals surface area contributed by atoms with Crippen molar-refractivity contribution in [3.8, 4) is 11.1 Å². The minimum absolute atomic E-state index is 0.100. The molecule has 0 aliphatic rings. The standard InChI is InChI=1S/C23H23N3O2S/c1-4-14(12-24-3)15-5-7-16(8-6-15)19-18(26-28)11-13(2)21-20(19)17-9-10-29-22(17)23(27)25-21/h5-11,14,24H,4,12H2,1-3H3,(H,25,27)/t14-/m0/s1. The topological polar surface area (TPSA) is 74.3 Å². The van der Waals surface area contributed by atoms with Gasteiger partial charge < -0.3 is 10.3 Å². The molecule has 4 aromatic rings. The first-order valence-corrected chi connectivity index (χ1v) is 10.6. The second kappa shape index (κ2) is 7.89. The normalized spacial score (nSPS) is 12.5. The van der Waals surface area contributed by atoms with E-state index in [-0.39, 0.29) is 5.56 Å². The fourth-order valence-corrected chi connectivity index (χ4v) is 4.91. The molecule has 0 amide bonds. The molecule has 2 heterocycles. The lowest BCUT2D eigenvalue weighted by Crippen LogP contribution is -2.16. The maximum absolute atomic E-state index is 12.5. The van der Waals surface area contributed by atoms with E-state index in [1.54, 1.807) is 6.07 Å². The predicted octanol–water partition coefficient (Wildman–Crippen LogP) is 5.83. The van der Waals surface area contributed by atoms with E-state index in [1.165, 1.54) is 16.9 Å². The quantitative estimate of drug-likeness (QED) is 0.396. The Balaban J connectivity index is 2.00. The van der Waals surface area contributed by atoms with Gasteiger partial charge in [0.25, 0.3) is 5.56 Å². The molecule has 0 unspecified atom stereocenters. The van der Waals surface area contributed by atoms with Gasteiger partial charge in [-0.1, -0.05) is 31.2 Å². The van der Waals surface area contributed by atoms with Crippen molar-refractivity contribution in [3.63, 3.8) is 0 Å². The van der Waals surface area contributed by atoms with Gasteiger partial charge in [-0.05, 0) is 65.7 Å². The summed E-state index contributed by atoms with van der Waals surface area (Å²) in [6, 6.07) is 12.0. The minimum atomic E-state index is -0.100. The highest BCUT2D eigenvalue weighted by molar-refractivity contribution is 7.17. The van der Waals surface area contributed by atoms with Crippen molar-refractivity contribution < 1.29 is 0 Å². The maximum Gasteiger partial charge on any atom is 0.266 e. The highest BCUT2D eigenvalue weighted by Gasteiger charge is 2.18. The summed E-state index contributed by atoms with van der Waals surface area (Å²) in [7, 11) is 1.96. The van der Waals surface area contributed by atoms with Crippen LogP contribution in [0.25, 0.3) is 32.1 Å². The first kappa shape index (κ1) is 19.5. The Morgan fingerprint density at radius 1 is 1.21 bits per heavy atom. The summed E-state index contributed by atoms with van der Waals surface area (Å²) in [5, 5.41) is 10.2. The number of aryl methyl sites for hydroxylation is 1. The molecule has 2 N–H and O–H groups in total. The minimum Gasteiger partial charge on any atom is -0.320 e. The highest BCUT2D eigenvalue weighted by atomic mass is 32.1. The van der Waals surface area contributed by atoms with Crippen molar-refractivity contribution in [2.45, 2.75) is 26.2 Å². The van der Waals surface area contributed by atoms with E-state index in [2.05, 4.69) is 46.7 Å². The van der Waals surface area contributed by atoms with Crippen LogP contribution in [0.3, 0.4) is 0 Å². The molecule has 0 saturated carbocycles. The number of fused-ring (bicyclic) bond motifs is 3. The van der Waals surface area contributed by atoms with E-state index < -0.39 is 0 Å². The van der Waals surface area contributed by atoms with Crippen molar-refractivity contribution in [1.29, 1.82) is 0 Å². The largest absolute Gasteiger partial charge is 0.320 e. The second-order valence-electron chi connectivity index (χ2n) is 7.33. The zero-order valence-electron chi connectivity index (χ0n) is 16.7. The van der Waals surface area contributed by atoms with Crippen molar-refractivity contribution >= 4 is 38.0 Å². The summed E-state index contributed by atoms with van der Waals surface area (Å²) in [6.45, 7) is 4.99. The zero-order chi connectivity index (χ0) is 20.5. The molecule has 0 fully saturated rings. The van der Waals surface area contributed by atoms with Gasteiger partial charge >= 0.3 is 0 Å². The lowest BCUT2D eigenvalue weighted by Gasteiger charge is -2.16. The summed E-state index contributed by atoms with van der Waals surface area (Å²) in [4.78, 5) is 27.2. The molecule has 0 spiro atoms. The zero-order valence-corrected chi connectivity index (χ0v) is 17.5. The molecule has 2 aromatic carbocycles. The Morgan fingerprint density at radius 2 is 1.97 bits per heavy atom. The smallest absolute Gasteiger partial charge is 0.266 e. The molecule has 0 radical (unpaired) electrons. The van der Waals surface area contributed by atoms with Gasteiger partial charge in [0, 0.05) is 22.9 Å². The number of hydrogen-bond acceptors (Lipinski definition) is 5. The fourth-order valence-electron chi connectivity index (χ4n) is 4.11. The van der Waals surface area contributed by atoms with Crippen LogP contribution in [-0.4, -0.2) is 18.6 Å². The van der Waals surface area contributed by atoms with Gasteiger partial charge in [0.2, 0.25) is 0 Å². The lowest BCUT2D eigenvalue weighted by atomic mass is 9.91. The van der Waals surface area contributed by atoms with Crippen molar-refractivity contribution in [3.05, 3.63) is 68.2 Å². The molecule has 0 saturated heterocycles. The summed E-state index contributed by atoms with van der Waals surface area (Å²) >= 11 is 1.41. The van der Waals surface area contributed by atoms with Gasteiger partial charge in [0.05, 0.1) is 5.52 Å². The summed E-state index contributed by atoms with van der Waals surface area (Å²) < 4.78 is 0.665. The number of benzene rings is 2. The number of H-pyrrole nitrogens is 1. The molecule has 6 heteroatoms. The van der Waals surface area contributed by atoms with Gasteiger partial charge in [-0.2, -0.15) is 0 Å². The summed E-state index contributed by atoms with van der Waals surface area (Å²) in [6.07, 6.45) is 1.05. The van der Waals surface area contributed by atoms with Crippen LogP contribution < -0.4 is 10.9 Å². The Bertz CT molecular complexity index is 1260. The average molecular weight is 406 g/mol. The second-order valence-corrected chi connectivity index (χ2v) is 8.25. The van der Waals surface area contributed by atoms with Crippen LogP contribution in [-0.2, 0) is 0 Å². The average Bonchev–Trinajstić information content (AvgIpc) is 3.23. The van der Waals surface area contributed by atoms with Crippen LogP contribution in [0, 0.1) is 11.8 Å². The van der Waals surface area contributed by atoms with Gasteiger partial charge in [-0.3, -0.25) is 4.79 Å². The monoisotopic (exact) mass is 405 g/mol. The van der Waals surface area contributed by atoms with Crippen LogP contribution in [0.1, 0.15) is 30.4 Å². The Labute approximate surface area is 172 Å². The molecule has 1 atom stereocenters. The van der Waals surface area contributed by atoms with Crippen molar-refractivity contribution in [2.24, 2.45) is 5.18 Å². The first-order valence-electron chi connectivity index (χ1n) is 9.74. The number of rotatable bonds is 6. The van der Waals surface area contributed by atoms with Gasteiger partial charge in [0.1, 0.15) is 10.4 Å². The third-order valence-electron chi connectivity index (χ3n) is 5.60. The van der Waals surface area contributed by atoms with Crippen LogP contribution in [0.5, 0.6) is 0 Å². The number of nitrogens with one attached hydrogen (secondary N) is 2. The summed E-state index contributed by atoms with van der Waals surface area (Å²) in [5.41, 5.74) is 4.84. The van der Waals surface area contributed by atoms with Gasteiger partial charge in [-0.25, -0.2) is 0 Å². The van der Waals surface area contributed by atoms with Crippen LogP contribution in [0.15, 0.2) is 51.7 Å². The van der Waals surface area contributed by atoms with Crippen molar-refractivity contribution in [2.75, 3.05) is 13.6 Å². The Hall–Kier alpha value is -2.83. The molecular formula is C23H23N3O2S. The molecule has 0 aliphatic heterocycles. The highest BCUT2D eigenvalue weighted by Crippen LogP contribution is 2.42. The van der Waals surface area contributed by atoms with E-state index in [9.17, 15) is 9.70 Å². The molecule has 2 aromatic heterocycles. The first-order chi connectivity index (χ1) is 14.1. The lowest BCUT2D eigenvalue weighted by molar-refractivity contribution is 0.612. The number of pyridine rings is 1. The van der Waals surface area contributed by atoms with Crippen LogP contribution >= 0.6 is 11.3 Å². The number of hydrogen-bond donors (Lipinski definition) is 2. The molecule has 5 nitrogen and oxygen atoms in total. The van der Waals surface area contributed by atoms with E-state index in [4.69, 9.17) is 0 Å².